The third-order valence-corrected chi connectivity index (χ3v) is 4.63. The number of carbonyl (C=O) groups excluding carboxylic acids is 1. The number of aromatic nitrogens is 2. The lowest BCUT2D eigenvalue weighted by Crippen LogP contribution is -2.38. The number of nitrogens with one attached hydrogen (secondary N) is 1. The Morgan fingerprint density at radius 3 is 2.60 bits per heavy atom. The van der Waals surface area contributed by atoms with Gasteiger partial charge in [0, 0.05) is 37.6 Å². The van der Waals surface area contributed by atoms with Crippen LogP contribution in [0, 0.1) is 13.8 Å². The van der Waals surface area contributed by atoms with Crippen LogP contribution in [-0.2, 0) is 6.54 Å². The molecule has 0 radical (unpaired) electrons. The highest BCUT2D eigenvalue weighted by atomic mass is 16.2. The summed E-state index contributed by atoms with van der Waals surface area (Å²) in [4.78, 5) is 16.8. The molecule has 2 amide bonds. The number of amides is 2. The van der Waals surface area contributed by atoms with Crippen LogP contribution in [-0.4, -0.2) is 58.3 Å². The molecule has 2 aromatic rings. The molecule has 1 saturated heterocycles. The molecule has 134 valence electrons. The maximum atomic E-state index is 12.4. The molecule has 1 fully saturated rings. The van der Waals surface area contributed by atoms with Gasteiger partial charge >= 0.3 is 6.03 Å². The fraction of sp³-hybridized carbons (Fsp3) is 0.474. The molecule has 1 aromatic heterocycles. The standard InChI is InChI=1S/C19H27N5O/c1-16-15-17(2)24(21-16)14-12-22-9-6-10-23(13-11-22)19(25)20-18-7-4-3-5-8-18/h3-5,7-8,15H,6,9-14H2,1-2H3,(H,20,25). The maximum absolute atomic E-state index is 12.4. The quantitative estimate of drug-likeness (QED) is 0.930. The molecular formula is C19H27N5O. The van der Waals surface area contributed by atoms with Crippen molar-refractivity contribution in [3.63, 3.8) is 0 Å². The Balaban J connectivity index is 1.48. The summed E-state index contributed by atoms with van der Waals surface area (Å²) in [5.74, 6) is 0. The van der Waals surface area contributed by atoms with Crippen molar-refractivity contribution >= 4 is 11.7 Å². The van der Waals surface area contributed by atoms with E-state index in [1.807, 2.05) is 42.2 Å². The van der Waals surface area contributed by atoms with Gasteiger partial charge in [-0.3, -0.25) is 9.58 Å². The first-order valence-electron chi connectivity index (χ1n) is 8.96. The van der Waals surface area contributed by atoms with Gasteiger partial charge in [-0.05, 0) is 45.0 Å². The van der Waals surface area contributed by atoms with E-state index in [0.717, 1.165) is 57.1 Å². The van der Waals surface area contributed by atoms with Crippen LogP contribution in [0.4, 0.5) is 10.5 Å². The number of rotatable bonds is 4. The Morgan fingerprint density at radius 2 is 1.88 bits per heavy atom. The Bertz CT molecular complexity index is 697. The minimum Gasteiger partial charge on any atom is -0.323 e. The van der Waals surface area contributed by atoms with Gasteiger partial charge in [-0.25, -0.2) is 4.79 Å². The van der Waals surface area contributed by atoms with Gasteiger partial charge in [0.05, 0.1) is 12.2 Å². The van der Waals surface area contributed by atoms with Crippen molar-refractivity contribution < 1.29 is 4.79 Å². The zero-order valence-corrected chi connectivity index (χ0v) is 15.1. The van der Waals surface area contributed by atoms with Crippen LogP contribution >= 0.6 is 0 Å². The third kappa shape index (κ3) is 4.82. The van der Waals surface area contributed by atoms with Crippen LogP contribution in [0.3, 0.4) is 0 Å². The number of hydrogen-bond donors (Lipinski definition) is 1. The largest absolute Gasteiger partial charge is 0.323 e. The van der Waals surface area contributed by atoms with Gasteiger partial charge in [0.1, 0.15) is 0 Å². The van der Waals surface area contributed by atoms with Gasteiger partial charge in [0.2, 0.25) is 0 Å². The van der Waals surface area contributed by atoms with Gasteiger partial charge in [-0.2, -0.15) is 5.10 Å². The van der Waals surface area contributed by atoms with Crippen molar-refractivity contribution in [2.24, 2.45) is 0 Å². The average Bonchev–Trinajstić information content (AvgIpc) is 2.80. The summed E-state index contributed by atoms with van der Waals surface area (Å²) in [5.41, 5.74) is 3.12. The van der Waals surface area contributed by atoms with Gasteiger partial charge in [0.15, 0.2) is 0 Å². The molecule has 0 bridgehead atoms. The third-order valence-electron chi connectivity index (χ3n) is 4.63. The minimum absolute atomic E-state index is 0.00778. The second kappa shape index (κ2) is 8.16. The first-order valence-corrected chi connectivity index (χ1v) is 8.96. The minimum atomic E-state index is -0.00778. The summed E-state index contributed by atoms with van der Waals surface area (Å²) in [7, 11) is 0. The highest BCUT2D eigenvalue weighted by Crippen LogP contribution is 2.10. The van der Waals surface area contributed by atoms with Crippen LogP contribution in [0.2, 0.25) is 0 Å². The zero-order valence-electron chi connectivity index (χ0n) is 15.1. The van der Waals surface area contributed by atoms with E-state index >= 15 is 0 Å². The second-order valence-electron chi connectivity index (χ2n) is 6.63. The van der Waals surface area contributed by atoms with Gasteiger partial charge < -0.3 is 10.2 Å². The van der Waals surface area contributed by atoms with Crippen LogP contribution in [0.25, 0.3) is 0 Å². The number of nitrogens with zero attached hydrogens (tertiary/aromatic N) is 4. The molecule has 0 spiro atoms. The smallest absolute Gasteiger partial charge is 0.321 e. The number of hydrogen-bond acceptors (Lipinski definition) is 3. The van der Waals surface area contributed by atoms with E-state index in [1.165, 1.54) is 5.69 Å². The molecule has 0 unspecified atom stereocenters. The van der Waals surface area contributed by atoms with E-state index in [9.17, 15) is 4.79 Å². The number of benzene rings is 1. The molecule has 1 aromatic carbocycles. The summed E-state index contributed by atoms with van der Waals surface area (Å²) >= 11 is 0. The Hall–Kier alpha value is -2.34. The lowest BCUT2D eigenvalue weighted by atomic mass is 10.3. The molecule has 1 aliphatic rings. The summed E-state index contributed by atoms with van der Waals surface area (Å²) in [6.45, 7) is 9.48. The molecule has 0 aliphatic carbocycles. The van der Waals surface area contributed by atoms with Gasteiger partial charge in [-0.15, -0.1) is 0 Å². The van der Waals surface area contributed by atoms with Crippen molar-refractivity contribution in [2.75, 3.05) is 38.0 Å². The molecule has 3 rings (SSSR count). The Kier molecular flexibility index (Phi) is 5.71. The molecule has 25 heavy (non-hydrogen) atoms. The number of urea groups is 1. The molecular weight excluding hydrogens is 314 g/mol. The molecule has 1 N–H and O–H groups in total. The summed E-state index contributed by atoms with van der Waals surface area (Å²) in [5, 5.41) is 7.50. The number of carbonyl (C=O) groups is 1. The highest BCUT2D eigenvalue weighted by molar-refractivity contribution is 5.89. The van der Waals surface area contributed by atoms with E-state index < -0.39 is 0 Å². The van der Waals surface area contributed by atoms with Crippen LogP contribution in [0.5, 0.6) is 0 Å². The average molecular weight is 341 g/mol. The second-order valence-corrected chi connectivity index (χ2v) is 6.63. The van der Waals surface area contributed by atoms with E-state index in [4.69, 9.17) is 0 Å². The van der Waals surface area contributed by atoms with E-state index in [1.54, 1.807) is 0 Å². The summed E-state index contributed by atoms with van der Waals surface area (Å²) in [6, 6.07) is 11.7. The highest BCUT2D eigenvalue weighted by Gasteiger charge is 2.19. The van der Waals surface area contributed by atoms with Crippen molar-refractivity contribution in [1.82, 2.24) is 19.6 Å². The fourth-order valence-corrected chi connectivity index (χ4v) is 3.26. The SMILES string of the molecule is Cc1cc(C)n(CCN2CCCN(C(=O)Nc3ccccc3)CC2)n1. The normalized spacial score (nSPS) is 15.8. The Labute approximate surface area is 149 Å². The predicted molar refractivity (Wildman–Crippen MR) is 99.8 cm³/mol. The van der Waals surface area contributed by atoms with Gasteiger partial charge in [0.25, 0.3) is 0 Å². The Morgan fingerprint density at radius 1 is 1.08 bits per heavy atom. The molecule has 0 atom stereocenters. The predicted octanol–water partition coefficient (Wildman–Crippen LogP) is 2.74. The van der Waals surface area contributed by atoms with Crippen LogP contribution in [0.15, 0.2) is 36.4 Å². The molecule has 6 nitrogen and oxygen atoms in total. The monoisotopic (exact) mass is 341 g/mol. The first kappa shape index (κ1) is 17.5. The number of aryl methyl sites for hydroxylation is 2. The van der Waals surface area contributed by atoms with Crippen LogP contribution < -0.4 is 5.32 Å². The number of anilines is 1. The van der Waals surface area contributed by atoms with E-state index in [2.05, 4.69) is 33.0 Å². The van der Waals surface area contributed by atoms with Crippen LogP contribution in [0.1, 0.15) is 17.8 Å². The van der Waals surface area contributed by atoms with Crippen molar-refractivity contribution in [1.29, 1.82) is 0 Å². The fourth-order valence-electron chi connectivity index (χ4n) is 3.26. The molecule has 0 saturated carbocycles. The van der Waals surface area contributed by atoms with E-state index in [-0.39, 0.29) is 6.03 Å². The molecule has 6 heteroatoms. The lowest BCUT2D eigenvalue weighted by Gasteiger charge is -2.22. The van der Waals surface area contributed by atoms with Crippen molar-refractivity contribution in [2.45, 2.75) is 26.8 Å². The lowest BCUT2D eigenvalue weighted by molar-refractivity contribution is 0.210. The van der Waals surface area contributed by atoms with Crippen molar-refractivity contribution in [3.05, 3.63) is 47.8 Å². The van der Waals surface area contributed by atoms with E-state index in [0.29, 0.717) is 0 Å². The molecule has 1 aliphatic heterocycles. The number of para-hydroxylation sites is 1. The first-order chi connectivity index (χ1) is 12.1. The summed E-state index contributed by atoms with van der Waals surface area (Å²) < 4.78 is 2.07. The summed E-state index contributed by atoms with van der Waals surface area (Å²) in [6.07, 6.45) is 0.999. The topological polar surface area (TPSA) is 53.4 Å². The zero-order chi connectivity index (χ0) is 17.6. The maximum Gasteiger partial charge on any atom is 0.321 e. The van der Waals surface area contributed by atoms with Gasteiger partial charge in [-0.1, -0.05) is 18.2 Å². The van der Waals surface area contributed by atoms with Crippen molar-refractivity contribution in [3.8, 4) is 0 Å². The molecule has 2 heterocycles.